The van der Waals surface area contributed by atoms with Crippen LogP contribution in [-0.2, 0) is 4.74 Å². The highest BCUT2D eigenvalue weighted by atomic mass is 16.5. The summed E-state index contributed by atoms with van der Waals surface area (Å²) < 4.78 is 11.5. The van der Waals surface area contributed by atoms with E-state index >= 15 is 0 Å². The quantitative estimate of drug-likeness (QED) is 0.732. The predicted octanol–water partition coefficient (Wildman–Crippen LogP) is 2.79. The zero-order valence-electron chi connectivity index (χ0n) is 14.0. The number of anilines is 3. The van der Waals surface area contributed by atoms with Crippen LogP contribution in [0.4, 0.5) is 17.4 Å². The van der Waals surface area contributed by atoms with Crippen LogP contribution in [0.2, 0.25) is 0 Å². The Morgan fingerprint density at radius 2 is 1.88 bits per heavy atom. The zero-order valence-corrected chi connectivity index (χ0v) is 14.0. The van der Waals surface area contributed by atoms with Crippen molar-refractivity contribution in [3.63, 3.8) is 0 Å². The van der Waals surface area contributed by atoms with Crippen molar-refractivity contribution in [3.05, 3.63) is 58.9 Å². The molecule has 0 N–H and O–H groups in total. The number of nitrogens with zero attached hydrogens (tertiary/aromatic N) is 3. The number of benzene rings is 1. The summed E-state index contributed by atoms with van der Waals surface area (Å²) in [5, 5.41) is 0.543. The van der Waals surface area contributed by atoms with Gasteiger partial charge in [-0.2, -0.15) is 0 Å². The third kappa shape index (κ3) is 2.96. The molecule has 0 bridgehead atoms. The molecule has 0 saturated carbocycles. The molecule has 6 heteroatoms. The first kappa shape index (κ1) is 15.7. The molecule has 0 aliphatic carbocycles. The van der Waals surface area contributed by atoms with Gasteiger partial charge in [0.25, 0.3) is 0 Å². The summed E-state index contributed by atoms with van der Waals surface area (Å²) in [6.07, 6.45) is 1.66. The number of pyridine rings is 1. The van der Waals surface area contributed by atoms with E-state index in [9.17, 15) is 4.79 Å². The van der Waals surface area contributed by atoms with Crippen LogP contribution < -0.4 is 15.2 Å². The Bertz CT molecular complexity index is 934. The molecule has 3 heterocycles. The van der Waals surface area contributed by atoms with Gasteiger partial charge in [-0.3, -0.25) is 4.79 Å². The summed E-state index contributed by atoms with van der Waals surface area (Å²) in [4.78, 5) is 21.0. The minimum atomic E-state index is -0.0732. The lowest BCUT2D eigenvalue weighted by atomic mass is 10.2. The highest BCUT2D eigenvalue weighted by molar-refractivity contribution is 5.87. The topological polar surface area (TPSA) is 58.8 Å². The van der Waals surface area contributed by atoms with E-state index in [0.29, 0.717) is 35.9 Å². The van der Waals surface area contributed by atoms with Crippen molar-refractivity contribution in [1.29, 1.82) is 0 Å². The van der Waals surface area contributed by atoms with Crippen LogP contribution in [0.5, 0.6) is 0 Å². The Labute approximate surface area is 145 Å². The molecule has 0 amide bonds. The number of ether oxygens (including phenoxy) is 1. The van der Waals surface area contributed by atoms with Gasteiger partial charge in [-0.25, -0.2) is 4.98 Å². The molecule has 3 aromatic rings. The van der Waals surface area contributed by atoms with Crippen molar-refractivity contribution in [1.82, 2.24) is 4.98 Å². The van der Waals surface area contributed by atoms with Crippen molar-refractivity contribution in [3.8, 4) is 0 Å². The van der Waals surface area contributed by atoms with Crippen molar-refractivity contribution in [2.24, 2.45) is 0 Å². The van der Waals surface area contributed by atoms with Crippen molar-refractivity contribution in [2.75, 3.05) is 43.2 Å². The SMILES string of the molecule is CN(c1ccccc1)c1cc(=O)c2ccnc(N3CCOCC3)c2o1. The second-order valence-electron chi connectivity index (χ2n) is 5.95. The van der Waals surface area contributed by atoms with Crippen molar-refractivity contribution in [2.45, 2.75) is 0 Å². The molecular formula is C19H19N3O3. The van der Waals surface area contributed by atoms with Gasteiger partial charge in [0.15, 0.2) is 16.8 Å². The molecule has 1 fully saturated rings. The highest BCUT2D eigenvalue weighted by Gasteiger charge is 2.19. The van der Waals surface area contributed by atoms with E-state index in [0.717, 1.165) is 18.8 Å². The lowest BCUT2D eigenvalue weighted by Crippen LogP contribution is -2.37. The average molecular weight is 337 g/mol. The van der Waals surface area contributed by atoms with Gasteiger partial charge in [-0.1, -0.05) is 18.2 Å². The molecule has 1 aliphatic rings. The minimum Gasteiger partial charge on any atom is -0.436 e. The van der Waals surface area contributed by atoms with Gasteiger partial charge in [0.2, 0.25) is 5.88 Å². The fraction of sp³-hybridized carbons (Fsp3) is 0.263. The Hall–Kier alpha value is -2.86. The standard InChI is InChI=1S/C19H19N3O3/c1-21(14-5-3-2-4-6-14)17-13-16(23)15-7-8-20-19(18(15)25-17)22-9-11-24-12-10-22/h2-8,13H,9-12H2,1H3. The smallest absolute Gasteiger partial charge is 0.204 e. The molecule has 6 nitrogen and oxygen atoms in total. The predicted molar refractivity (Wildman–Crippen MR) is 97.8 cm³/mol. The number of hydrogen-bond donors (Lipinski definition) is 0. The normalized spacial score (nSPS) is 14.7. The van der Waals surface area contributed by atoms with Crippen LogP contribution >= 0.6 is 0 Å². The Balaban J connectivity index is 1.83. The summed E-state index contributed by atoms with van der Waals surface area (Å²) in [5.74, 6) is 1.19. The van der Waals surface area contributed by atoms with Crippen LogP contribution in [0.15, 0.2) is 57.9 Å². The second kappa shape index (κ2) is 6.57. The Morgan fingerprint density at radius 3 is 2.64 bits per heavy atom. The first-order valence-corrected chi connectivity index (χ1v) is 8.28. The first-order chi connectivity index (χ1) is 12.2. The molecule has 25 heavy (non-hydrogen) atoms. The fourth-order valence-corrected chi connectivity index (χ4v) is 3.00. The summed E-state index contributed by atoms with van der Waals surface area (Å²) in [7, 11) is 1.88. The van der Waals surface area contributed by atoms with Crippen LogP contribution in [0.3, 0.4) is 0 Å². The van der Waals surface area contributed by atoms with Gasteiger partial charge < -0.3 is 19.0 Å². The summed E-state index contributed by atoms with van der Waals surface area (Å²) in [6.45, 7) is 2.75. The van der Waals surface area contributed by atoms with E-state index < -0.39 is 0 Å². The number of hydrogen-bond acceptors (Lipinski definition) is 6. The maximum atomic E-state index is 12.6. The molecule has 0 radical (unpaired) electrons. The van der Waals surface area contributed by atoms with Crippen LogP contribution in [0, 0.1) is 0 Å². The molecule has 0 unspecified atom stereocenters. The highest BCUT2D eigenvalue weighted by Crippen LogP contribution is 2.29. The molecule has 0 spiro atoms. The minimum absolute atomic E-state index is 0.0732. The van der Waals surface area contributed by atoms with E-state index in [-0.39, 0.29) is 5.43 Å². The van der Waals surface area contributed by atoms with Gasteiger partial charge in [0.1, 0.15) is 0 Å². The average Bonchev–Trinajstić information content (AvgIpc) is 2.68. The van der Waals surface area contributed by atoms with Gasteiger partial charge in [0, 0.05) is 38.1 Å². The first-order valence-electron chi connectivity index (χ1n) is 8.28. The molecule has 1 saturated heterocycles. The van der Waals surface area contributed by atoms with Gasteiger partial charge in [0.05, 0.1) is 18.6 Å². The largest absolute Gasteiger partial charge is 0.436 e. The number of fused-ring (bicyclic) bond motifs is 1. The van der Waals surface area contributed by atoms with Gasteiger partial charge >= 0.3 is 0 Å². The lowest BCUT2D eigenvalue weighted by Gasteiger charge is -2.28. The molecule has 2 aromatic heterocycles. The van der Waals surface area contributed by atoms with Crippen LogP contribution in [0.25, 0.3) is 11.0 Å². The molecule has 1 aromatic carbocycles. The van der Waals surface area contributed by atoms with Gasteiger partial charge in [-0.15, -0.1) is 0 Å². The number of para-hydroxylation sites is 1. The Morgan fingerprint density at radius 1 is 1.12 bits per heavy atom. The van der Waals surface area contributed by atoms with Gasteiger partial charge in [-0.05, 0) is 18.2 Å². The summed E-state index contributed by atoms with van der Waals surface area (Å²) in [6, 6.07) is 13.0. The molecule has 4 rings (SSSR count). The Kier molecular flexibility index (Phi) is 4.11. The van der Waals surface area contributed by atoms with Crippen LogP contribution in [-0.4, -0.2) is 38.3 Å². The maximum Gasteiger partial charge on any atom is 0.204 e. The monoisotopic (exact) mass is 337 g/mol. The number of aromatic nitrogens is 1. The van der Waals surface area contributed by atoms with E-state index in [2.05, 4.69) is 9.88 Å². The molecule has 1 aliphatic heterocycles. The summed E-state index contributed by atoms with van der Waals surface area (Å²) in [5.41, 5.74) is 1.40. The van der Waals surface area contributed by atoms with E-state index in [1.807, 2.05) is 42.3 Å². The molecule has 128 valence electrons. The molecule has 0 atom stereocenters. The van der Waals surface area contributed by atoms with Crippen molar-refractivity contribution < 1.29 is 9.15 Å². The number of morpholine rings is 1. The lowest BCUT2D eigenvalue weighted by molar-refractivity contribution is 0.122. The van der Waals surface area contributed by atoms with Crippen LogP contribution in [0.1, 0.15) is 0 Å². The second-order valence-corrected chi connectivity index (χ2v) is 5.95. The zero-order chi connectivity index (χ0) is 17.2. The van der Waals surface area contributed by atoms with E-state index in [4.69, 9.17) is 9.15 Å². The van der Waals surface area contributed by atoms with E-state index in [1.54, 1.807) is 12.3 Å². The maximum absolute atomic E-state index is 12.6. The molecular weight excluding hydrogens is 318 g/mol. The summed E-state index contributed by atoms with van der Waals surface area (Å²) >= 11 is 0. The number of rotatable bonds is 3. The van der Waals surface area contributed by atoms with Crippen molar-refractivity contribution >= 4 is 28.4 Å². The van der Waals surface area contributed by atoms with E-state index in [1.165, 1.54) is 6.07 Å². The third-order valence-electron chi connectivity index (χ3n) is 4.40. The fourth-order valence-electron chi connectivity index (χ4n) is 3.00. The third-order valence-corrected chi connectivity index (χ3v) is 4.40.